The zero-order valence-corrected chi connectivity index (χ0v) is 11.8. The van der Waals surface area contributed by atoms with Gasteiger partial charge >= 0.3 is 39.0 Å². The molecule has 0 aromatic carbocycles. The van der Waals surface area contributed by atoms with E-state index < -0.39 is 0 Å². The summed E-state index contributed by atoms with van der Waals surface area (Å²) in [4.78, 5) is 0. The summed E-state index contributed by atoms with van der Waals surface area (Å²) < 4.78 is 1.00. The van der Waals surface area contributed by atoms with Crippen LogP contribution in [0.25, 0.3) is 0 Å². The molecule has 0 aliphatic rings. The molecule has 7 heavy (non-hydrogen) atoms. The Kier molecular flexibility index (Phi) is 12.0. The first-order valence-corrected chi connectivity index (χ1v) is 1.79. The first-order valence-electron chi connectivity index (χ1n) is 1.79. The molecule has 0 radical (unpaired) electrons. The maximum atomic E-state index is 2.12. The van der Waals surface area contributed by atoms with Crippen LogP contribution in [0.1, 0.15) is 0 Å². The Morgan fingerprint density at radius 3 is 0.714 bits per heavy atom. The van der Waals surface area contributed by atoms with Gasteiger partial charge in [-0.25, -0.2) is 0 Å². The average Bonchev–Trinajstić information content (AvgIpc) is 0.722. The molecule has 0 amide bonds. The van der Waals surface area contributed by atoms with Crippen LogP contribution in [0.5, 0.6) is 0 Å². The predicted molar refractivity (Wildman–Crippen MR) is 24.0 cm³/mol. The molecule has 0 aromatic rings. The van der Waals surface area contributed by atoms with Crippen LogP contribution >= 0.6 is 0 Å². The summed E-state index contributed by atoms with van der Waals surface area (Å²) in [5.74, 6) is 0. The van der Waals surface area contributed by atoms with E-state index in [2.05, 4.69) is 28.2 Å². The van der Waals surface area contributed by atoms with Crippen LogP contribution in [0.2, 0.25) is 0 Å². The van der Waals surface area contributed by atoms with E-state index in [0.717, 1.165) is 4.48 Å². The fraction of sp³-hybridized carbons (Fsp3) is 1.00. The third-order valence-electron chi connectivity index (χ3n) is 0. The molecule has 0 bridgehead atoms. The summed E-state index contributed by atoms with van der Waals surface area (Å²) in [6.45, 7) is 0. The Hall–Kier alpha value is 1.21. The maximum Gasteiger partial charge on any atom is 2.00 e. The molecule has 32 valence electrons. The molecule has 0 fully saturated rings. The van der Waals surface area contributed by atoms with Crippen molar-refractivity contribution in [3.8, 4) is 0 Å². The quantitative estimate of drug-likeness (QED) is 0.394. The fourth-order valence-electron chi connectivity index (χ4n) is 0. The monoisotopic (exact) mass is 202 g/mol. The van der Waals surface area contributed by atoms with Gasteiger partial charge in [0.2, 0.25) is 0 Å². The first-order chi connectivity index (χ1) is 2.00. The Labute approximate surface area is 71.6 Å². The summed E-state index contributed by atoms with van der Waals surface area (Å²) in [5, 5.41) is 0. The van der Waals surface area contributed by atoms with E-state index in [0.29, 0.717) is 0 Å². The van der Waals surface area contributed by atoms with Gasteiger partial charge in [-0.2, -0.15) is 0 Å². The Balaban J connectivity index is -0.0000000800. The average molecular weight is 205 g/mol. The standard InChI is InChI=1S/C4H12N.2Zn/c1-5(2,3)4;;/h1-4H3;;/q+1;2*+2. The number of hydrogen-bond acceptors (Lipinski definition) is 0. The molecule has 0 spiro atoms. The molecule has 0 rings (SSSR count). The second-order valence-corrected chi connectivity index (χ2v) is 2.68. The molecular formula is C4H12NZn2+5. The smallest absolute Gasteiger partial charge is 0.333 e. The summed E-state index contributed by atoms with van der Waals surface area (Å²) in [5.41, 5.74) is 0. The molecular weight excluding hydrogens is 193 g/mol. The molecule has 0 saturated heterocycles. The molecule has 0 unspecified atom stereocenters. The second kappa shape index (κ2) is 5.35. The topological polar surface area (TPSA) is 0 Å². The van der Waals surface area contributed by atoms with Crippen LogP contribution in [0.4, 0.5) is 0 Å². The minimum absolute atomic E-state index is 0. The normalized spacial score (nSPS) is 8.57. The summed E-state index contributed by atoms with van der Waals surface area (Å²) in [6.07, 6.45) is 0. The van der Waals surface area contributed by atoms with Crippen molar-refractivity contribution in [2.75, 3.05) is 28.2 Å². The minimum atomic E-state index is 0. The van der Waals surface area contributed by atoms with Gasteiger partial charge in [-0.1, -0.05) is 0 Å². The van der Waals surface area contributed by atoms with Crippen LogP contribution in [0.15, 0.2) is 0 Å². The van der Waals surface area contributed by atoms with Gasteiger partial charge in [0, 0.05) is 0 Å². The molecule has 0 aromatic heterocycles. The van der Waals surface area contributed by atoms with Crippen LogP contribution in [-0.4, -0.2) is 32.7 Å². The van der Waals surface area contributed by atoms with Crippen molar-refractivity contribution in [2.45, 2.75) is 0 Å². The van der Waals surface area contributed by atoms with E-state index in [1.807, 2.05) is 0 Å². The van der Waals surface area contributed by atoms with Crippen LogP contribution in [0.3, 0.4) is 0 Å². The summed E-state index contributed by atoms with van der Waals surface area (Å²) in [6, 6.07) is 0. The predicted octanol–water partition coefficient (Wildman–Crippen LogP) is 0.317. The minimum Gasteiger partial charge on any atom is -0.333 e. The molecule has 0 N–H and O–H groups in total. The van der Waals surface area contributed by atoms with Gasteiger partial charge in [0.15, 0.2) is 0 Å². The third kappa shape index (κ3) is 134. The Morgan fingerprint density at radius 2 is 0.714 bits per heavy atom. The van der Waals surface area contributed by atoms with Crippen molar-refractivity contribution < 1.29 is 43.4 Å². The Bertz CT molecular complexity index is 25.2. The van der Waals surface area contributed by atoms with Gasteiger partial charge in [-0.15, -0.1) is 0 Å². The largest absolute Gasteiger partial charge is 2.00 e. The number of quaternary nitrogens is 1. The van der Waals surface area contributed by atoms with E-state index in [1.165, 1.54) is 0 Å². The van der Waals surface area contributed by atoms with Crippen molar-refractivity contribution in [1.29, 1.82) is 0 Å². The van der Waals surface area contributed by atoms with Gasteiger partial charge in [-0.3, -0.25) is 0 Å². The third-order valence-corrected chi connectivity index (χ3v) is 0. The van der Waals surface area contributed by atoms with E-state index in [-0.39, 0.29) is 39.0 Å². The van der Waals surface area contributed by atoms with Crippen LogP contribution in [-0.2, 0) is 39.0 Å². The van der Waals surface area contributed by atoms with E-state index in [4.69, 9.17) is 0 Å². The molecule has 3 heteroatoms. The molecule has 0 aliphatic heterocycles. The van der Waals surface area contributed by atoms with Crippen LogP contribution in [0, 0.1) is 0 Å². The SMILES string of the molecule is C[N+](C)(C)C.[Zn+2].[Zn+2]. The van der Waals surface area contributed by atoms with Crippen molar-refractivity contribution in [3.63, 3.8) is 0 Å². The van der Waals surface area contributed by atoms with Gasteiger partial charge < -0.3 is 4.48 Å². The van der Waals surface area contributed by atoms with Crippen molar-refractivity contribution >= 4 is 0 Å². The fourth-order valence-corrected chi connectivity index (χ4v) is 0. The molecule has 0 saturated carbocycles. The van der Waals surface area contributed by atoms with Gasteiger partial charge in [-0.05, 0) is 0 Å². The van der Waals surface area contributed by atoms with Crippen molar-refractivity contribution in [2.24, 2.45) is 0 Å². The van der Waals surface area contributed by atoms with E-state index >= 15 is 0 Å². The Morgan fingerprint density at radius 1 is 0.714 bits per heavy atom. The van der Waals surface area contributed by atoms with Crippen molar-refractivity contribution in [3.05, 3.63) is 0 Å². The van der Waals surface area contributed by atoms with Crippen LogP contribution < -0.4 is 0 Å². The zero-order valence-electron chi connectivity index (χ0n) is 5.86. The second-order valence-electron chi connectivity index (χ2n) is 2.68. The number of hydrogen-bond donors (Lipinski definition) is 0. The summed E-state index contributed by atoms with van der Waals surface area (Å²) in [7, 11) is 8.50. The zero-order chi connectivity index (χ0) is 4.50. The van der Waals surface area contributed by atoms with E-state index in [9.17, 15) is 0 Å². The van der Waals surface area contributed by atoms with E-state index in [1.54, 1.807) is 0 Å². The number of nitrogens with zero attached hydrogens (tertiary/aromatic N) is 1. The first kappa shape index (κ1) is 15.7. The summed E-state index contributed by atoms with van der Waals surface area (Å²) >= 11 is 0. The number of rotatable bonds is 0. The van der Waals surface area contributed by atoms with Gasteiger partial charge in [0.05, 0.1) is 28.2 Å². The maximum absolute atomic E-state index is 2.12. The molecule has 0 atom stereocenters. The molecule has 0 aliphatic carbocycles. The molecule has 0 heterocycles. The van der Waals surface area contributed by atoms with Crippen molar-refractivity contribution in [1.82, 2.24) is 0 Å². The molecule has 1 nitrogen and oxygen atoms in total. The van der Waals surface area contributed by atoms with Gasteiger partial charge in [0.25, 0.3) is 0 Å². The van der Waals surface area contributed by atoms with Gasteiger partial charge in [0.1, 0.15) is 0 Å².